The van der Waals surface area contributed by atoms with E-state index in [4.69, 9.17) is 0 Å². The second-order valence-electron chi connectivity index (χ2n) is 9.75. The van der Waals surface area contributed by atoms with Crippen molar-refractivity contribution in [1.29, 1.82) is 0 Å². The van der Waals surface area contributed by atoms with Crippen LogP contribution in [-0.4, -0.2) is 54.6 Å². The maximum atomic E-state index is 14.4. The molecule has 2 N–H and O–H groups in total. The maximum Gasteiger partial charge on any atom is 0.334 e. The average molecular weight is 510 g/mol. The predicted molar refractivity (Wildman–Crippen MR) is 143 cm³/mol. The number of nitrogens with zero attached hydrogens (tertiary/aromatic N) is 2. The standard InChI is InChI=1S/C28H32FN3O3S/c1-2-32(35)14-10-19(11-15-32)22-17-26-27(36-30-12-13-31(26)21-6-4-3-5-7-21)18-23(22)20-8-9-25(29)24(16-20)28(33)34/h3-8,16-19,25,30H,2,9-15H2,1H3,(H,33,34). The summed E-state index contributed by atoms with van der Waals surface area (Å²) in [6, 6.07) is 14.6. The van der Waals surface area contributed by atoms with Crippen LogP contribution in [0.2, 0.25) is 0 Å². The molecule has 1 aliphatic carbocycles. The van der Waals surface area contributed by atoms with Crippen molar-refractivity contribution < 1.29 is 18.9 Å². The molecule has 0 radical (unpaired) electrons. The minimum atomic E-state index is -1.50. The Kier molecular flexibility index (Phi) is 7.21. The number of alkyl halides is 1. The summed E-state index contributed by atoms with van der Waals surface area (Å²) in [6.45, 7) is 5.25. The Labute approximate surface area is 215 Å². The van der Waals surface area contributed by atoms with E-state index in [2.05, 4.69) is 33.9 Å². The van der Waals surface area contributed by atoms with Crippen molar-refractivity contribution >= 4 is 34.9 Å². The zero-order valence-corrected chi connectivity index (χ0v) is 21.3. The van der Waals surface area contributed by atoms with E-state index < -0.39 is 12.1 Å². The Morgan fingerprint density at radius 2 is 2.00 bits per heavy atom. The first-order chi connectivity index (χ1) is 17.4. The van der Waals surface area contributed by atoms with E-state index in [-0.39, 0.29) is 22.6 Å². The van der Waals surface area contributed by atoms with Gasteiger partial charge in [-0.3, -0.25) is 4.72 Å². The van der Waals surface area contributed by atoms with Crippen LogP contribution in [0.5, 0.6) is 0 Å². The van der Waals surface area contributed by atoms with Crippen molar-refractivity contribution in [3.05, 3.63) is 76.5 Å². The highest BCUT2D eigenvalue weighted by molar-refractivity contribution is 7.97. The number of hydrogen-bond donors (Lipinski definition) is 2. The van der Waals surface area contributed by atoms with Crippen molar-refractivity contribution in [3.63, 3.8) is 0 Å². The van der Waals surface area contributed by atoms with Crippen LogP contribution < -0.4 is 9.62 Å². The molecule has 2 aromatic rings. The Bertz CT molecular complexity index is 1190. The van der Waals surface area contributed by atoms with Gasteiger partial charge in [0.2, 0.25) is 0 Å². The molecule has 2 aliphatic heterocycles. The lowest BCUT2D eigenvalue weighted by Gasteiger charge is -2.47. The van der Waals surface area contributed by atoms with E-state index in [9.17, 15) is 19.5 Å². The van der Waals surface area contributed by atoms with Gasteiger partial charge in [0.25, 0.3) is 0 Å². The van der Waals surface area contributed by atoms with Crippen LogP contribution >= 0.6 is 11.9 Å². The number of para-hydroxylation sites is 1. The number of halogens is 1. The number of allylic oxidation sites excluding steroid dienone is 3. The van der Waals surface area contributed by atoms with Gasteiger partial charge in [-0.05, 0) is 71.8 Å². The highest BCUT2D eigenvalue weighted by Gasteiger charge is 2.32. The molecule has 190 valence electrons. The number of carbonyl (C=O) groups is 1. The molecule has 1 saturated heterocycles. The molecule has 2 aromatic carbocycles. The third-order valence-electron chi connectivity index (χ3n) is 7.65. The number of fused-ring (bicyclic) bond motifs is 1. The molecule has 2 heterocycles. The smallest absolute Gasteiger partial charge is 0.334 e. The molecule has 0 spiro atoms. The Morgan fingerprint density at radius 3 is 2.69 bits per heavy atom. The van der Waals surface area contributed by atoms with Gasteiger partial charge in [-0.25, -0.2) is 9.18 Å². The molecule has 0 amide bonds. The molecular formula is C28H32FN3O3S. The van der Waals surface area contributed by atoms with Crippen LogP contribution in [0.15, 0.2) is 65.1 Å². The lowest BCUT2D eigenvalue weighted by atomic mass is 9.82. The fraction of sp³-hybridized carbons (Fsp3) is 0.393. The van der Waals surface area contributed by atoms with E-state index >= 15 is 0 Å². The normalized spacial score (nSPS) is 26.5. The van der Waals surface area contributed by atoms with Crippen molar-refractivity contribution in [2.75, 3.05) is 37.6 Å². The molecule has 8 heteroatoms. The molecule has 1 atom stereocenters. The third-order valence-corrected chi connectivity index (χ3v) is 8.54. The molecule has 5 rings (SSSR count). The maximum absolute atomic E-state index is 14.4. The van der Waals surface area contributed by atoms with E-state index in [1.807, 2.05) is 31.2 Å². The van der Waals surface area contributed by atoms with Gasteiger partial charge in [0.15, 0.2) is 0 Å². The second-order valence-corrected chi connectivity index (χ2v) is 10.7. The summed E-state index contributed by atoms with van der Waals surface area (Å²) in [5, 5.41) is 22.5. The highest BCUT2D eigenvalue weighted by atomic mass is 32.2. The Hall–Kier alpha value is -2.65. The summed E-state index contributed by atoms with van der Waals surface area (Å²) in [5.41, 5.74) is 4.81. The predicted octanol–water partition coefficient (Wildman–Crippen LogP) is 5.78. The number of carboxylic acid groups (broad SMARTS) is 1. The number of quaternary nitrogens is 1. The lowest BCUT2D eigenvalue weighted by molar-refractivity contribution is -0.884. The lowest BCUT2D eigenvalue weighted by Crippen LogP contribution is -2.47. The monoisotopic (exact) mass is 509 g/mol. The van der Waals surface area contributed by atoms with E-state index in [0.717, 1.165) is 58.9 Å². The fourth-order valence-electron chi connectivity index (χ4n) is 5.47. The number of carboxylic acids is 1. The molecule has 0 aromatic heterocycles. The Balaban J connectivity index is 1.63. The quantitative estimate of drug-likeness (QED) is 0.302. The SMILES string of the molecule is CC[N+]1([O-])CCC(c2cc3c(cc2C2=CCC(F)C(C(=O)O)=C2)SNCCN3c2ccccc2)CC1. The molecule has 36 heavy (non-hydrogen) atoms. The van der Waals surface area contributed by atoms with Crippen molar-refractivity contribution in [2.24, 2.45) is 0 Å². The number of nitrogens with one attached hydrogen (secondary N) is 1. The van der Waals surface area contributed by atoms with Crippen LogP contribution in [0.4, 0.5) is 15.8 Å². The molecule has 0 bridgehead atoms. The molecule has 6 nitrogen and oxygen atoms in total. The highest BCUT2D eigenvalue weighted by Crippen LogP contribution is 2.44. The van der Waals surface area contributed by atoms with E-state index in [1.165, 1.54) is 6.08 Å². The summed E-state index contributed by atoms with van der Waals surface area (Å²) >= 11 is 1.57. The van der Waals surface area contributed by atoms with Gasteiger partial charge in [0.05, 0.1) is 30.9 Å². The Morgan fingerprint density at radius 1 is 1.25 bits per heavy atom. The van der Waals surface area contributed by atoms with Gasteiger partial charge >= 0.3 is 5.97 Å². The molecule has 0 saturated carbocycles. The van der Waals surface area contributed by atoms with Gasteiger partial charge < -0.3 is 19.9 Å². The first kappa shape index (κ1) is 25.0. The van der Waals surface area contributed by atoms with Gasteiger partial charge in [-0.1, -0.05) is 24.3 Å². The zero-order chi connectivity index (χ0) is 25.3. The zero-order valence-electron chi connectivity index (χ0n) is 20.5. The summed E-state index contributed by atoms with van der Waals surface area (Å²) < 4.78 is 17.6. The first-order valence-electron chi connectivity index (χ1n) is 12.7. The van der Waals surface area contributed by atoms with Crippen LogP contribution in [0, 0.1) is 5.21 Å². The van der Waals surface area contributed by atoms with Crippen molar-refractivity contribution in [3.8, 4) is 0 Å². The number of hydroxylamine groups is 3. The van der Waals surface area contributed by atoms with E-state index in [0.29, 0.717) is 19.6 Å². The summed E-state index contributed by atoms with van der Waals surface area (Å²) in [5.74, 6) is -1.04. The van der Waals surface area contributed by atoms with Crippen LogP contribution in [0.25, 0.3) is 5.57 Å². The summed E-state index contributed by atoms with van der Waals surface area (Å²) in [6.07, 6.45) is 3.40. The number of hydrogen-bond acceptors (Lipinski definition) is 5. The van der Waals surface area contributed by atoms with Crippen LogP contribution in [0.1, 0.15) is 43.2 Å². The minimum absolute atomic E-state index is 0.0482. The third kappa shape index (κ3) is 4.95. The number of aliphatic carboxylic acids is 1. The second kappa shape index (κ2) is 10.4. The molecule has 3 aliphatic rings. The largest absolute Gasteiger partial charge is 0.633 e. The number of benzene rings is 2. The molecular weight excluding hydrogens is 477 g/mol. The number of likely N-dealkylation sites (tertiary alicyclic amines) is 1. The van der Waals surface area contributed by atoms with Crippen LogP contribution in [-0.2, 0) is 4.79 Å². The van der Waals surface area contributed by atoms with Gasteiger partial charge in [0, 0.05) is 42.9 Å². The number of rotatable bonds is 5. The molecule has 1 unspecified atom stereocenters. The van der Waals surface area contributed by atoms with Gasteiger partial charge in [-0.15, -0.1) is 0 Å². The number of piperidine rings is 1. The summed E-state index contributed by atoms with van der Waals surface area (Å²) in [4.78, 5) is 15.1. The van der Waals surface area contributed by atoms with Crippen LogP contribution in [0.3, 0.4) is 0 Å². The number of anilines is 2. The van der Waals surface area contributed by atoms with Crippen molar-refractivity contribution in [2.45, 2.75) is 43.2 Å². The summed E-state index contributed by atoms with van der Waals surface area (Å²) in [7, 11) is 0. The van der Waals surface area contributed by atoms with Crippen molar-refractivity contribution in [1.82, 2.24) is 4.72 Å². The van der Waals surface area contributed by atoms with Gasteiger partial charge in [0.1, 0.15) is 6.17 Å². The first-order valence-corrected chi connectivity index (χ1v) is 13.5. The topological polar surface area (TPSA) is 75.6 Å². The van der Waals surface area contributed by atoms with E-state index in [1.54, 1.807) is 11.9 Å². The molecule has 1 fully saturated rings. The fourth-order valence-corrected chi connectivity index (χ4v) is 6.27. The van der Waals surface area contributed by atoms with Gasteiger partial charge in [-0.2, -0.15) is 0 Å². The minimum Gasteiger partial charge on any atom is -0.633 e. The average Bonchev–Trinajstić information content (AvgIpc) is 3.11.